The normalized spacial score (nSPS) is 12.6. The molecule has 102 valence electrons. The number of aliphatic hydroxyl groups is 1. The molecule has 0 aliphatic heterocycles. The lowest BCUT2D eigenvalue weighted by Gasteiger charge is -2.17. The molecule has 1 rings (SSSR count). The van der Waals surface area contributed by atoms with Crippen LogP contribution < -0.4 is 11.1 Å². The van der Waals surface area contributed by atoms with E-state index >= 15 is 0 Å². The molecule has 0 aromatic heterocycles. The van der Waals surface area contributed by atoms with Gasteiger partial charge in [-0.3, -0.25) is 0 Å². The second-order valence-corrected chi connectivity index (χ2v) is 5.18. The van der Waals surface area contributed by atoms with Crippen LogP contribution in [0.4, 0.5) is 0 Å². The Morgan fingerprint density at radius 3 is 2.50 bits per heavy atom. The summed E-state index contributed by atoms with van der Waals surface area (Å²) < 4.78 is 0. The van der Waals surface area contributed by atoms with Gasteiger partial charge in [-0.2, -0.15) is 0 Å². The maximum absolute atomic E-state index is 8.71. The van der Waals surface area contributed by atoms with Crippen molar-refractivity contribution in [3.63, 3.8) is 0 Å². The van der Waals surface area contributed by atoms with Crippen molar-refractivity contribution in [3.05, 3.63) is 29.8 Å². The molecule has 0 saturated carbocycles. The van der Waals surface area contributed by atoms with Crippen molar-refractivity contribution in [2.45, 2.75) is 30.2 Å². The molecule has 1 unspecified atom stereocenters. The highest BCUT2D eigenvalue weighted by molar-refractivity contribution is 7.98. The average Bonchev–Trinajstić information content (AvgIpc) is 2.43. The highest BCUT2D eigenvalue weighted by Crippen LogP contribution is 2.18. The van der Waals surface area contributed by atoms with Crippen LogP contribution in [0.1, 0.15) is 30.9 Å². The van der Waals surface area contributed by atoms with Gasteiger partial charge in [0.15, 0.2) is 0 Å². The molecule has 0 amide bonds. The summed E-state index contributed by atoms with van der Waals surface area (Å²) in [4.78, 5) is 1.28. The fraction of sp³-hybridized carbons (Fsp3) is 0.571. The van der Waals surface area contributed by atoms with Gasteiger partial charge in [0.1, 0.15) is 0 Å². The minimum Gasteiger partial charge on any atom is -0.396 e. The quantitative estimate of drug-likeness (QED) is 0.474. The molecule has 0 spiro atoms. The molecule has 0 aliphatic carbocycles. The minimum atomic E-state index is 0.232. The second kappa shape index (κ2) is 9.39. The zero-order chi connectivity index (χ0) is 13.2. The van der Waals surface area contributed by atoms with Gasteiger partial charge >= 0.3 is 0 Å². The van der Waals surface area contributed by atoms with E-state index in [-0.39, 0.29) is 12.6 Å². The SMILES string of the molecule is CSc1ccc(C(CN)NCCCCCO)cc1. The fourth-order valence-electron chi connectivity index (χ4n) is 1.86. The summed E-state index contributed by atoms with van der Waals surface area (Å²) >= 11 is 1.75. The topological polar surface area (TPSA) is 58.3 Å². The summed E-state index contributed by atoms with van der Waals surface area (Å²) in [6.07, 6.45) is 5.11. The van der Waals surface area contributed by atoms with Crippen LogP contribution in [-0.4, -0.2) is 31.1 Å². The van der Waals surface area contributed by atoms with Crippen LogP contribution in [0.2, 0.25) is 0 Å². The summed E-state index contributed by atoms with van der Waals surface area (Å²) in [5.74, 6) is 0. The molecule has 0 radical (unpaired) electrons. The Hall–Kier alpha value is -0.550. The largest absolute Gasteiger partial charge is 0.396 e. The number of hydrogen-bond donors (Lipinski definition) is 3. The van der Waals surface area contributed by atoms with Crippen LogP contribution in [0.25, 0.3) is 0 Å². The Balaban J connectivity index is 2.39. The first kappa shape index (κ1) is 15.5. The van der Waals surface area contributed by atoms with Gasteiger partial charge in [-0.15, -0.1) is 11.8 Å². The summed E-state index contributed by atoms with van der Waals surface area (Å²) in [5.41, 5.74) is 7.06. The van der Waals surface area contributed by atoms with Crippen molar-refractivity contribution in [1.82, 2.24) is 5.32 Å². The van der Waals surface area contributed by atoms with E-state index in [1.807, 2.05) is 0 Å². The first-order chi connectivity index (χ1) is 8.81. The highest BCUT2D eigenvalue weighted by atomic mass is 32.2. The molecule has 1 aromatic carbocycles. The number of unbranched alkanes of at least 4 members (excludes halogenated alkanes) is 2. The van der Waals surface area contributed by atoms with E-state index in [4.69, 9.17) is 10.8 Å². The van der Waals surface area contributed by atoms with Crippen molar-refractivity contribution in [3.8, 4) is 0 Å². The molecule has 1 aromatic rings. The maximum Gasteiger partial charge on any atom is 0.0444 e. The van der Waals surface area contributed by atoms with Crippen molar-refractivity contribution in [2.75, 3.05) is 26.0 Å². The molecular formula is C14H24N2OS. The third-order valence-corrected chi connectivity index (χ3v) is 3.72. The Morgan fingerprint density at radius 1 is 1.22 bits per heavy atom. The first-order valence-electron chi connectivity index (χ1n) is 6.50. The smallest absolute Gasteiger partial charge is 0.0444 e. The maximum atomic E-state index is 8.71. The summed E-state index contributed by atoms with van der Waals surface area (Å²) in [6.45, 7) is 1.85. The van der Waals surface area contributed by atoms with Gasteiger partial charge in [0.2, 0.25) is 0 Å². The molecule has 18 heavy (non-hydrogen) atoms. The fourth-order valence-corrected chi connectivity index (χ4v) is 2.27. The molecule has 0 heterocycles. The lowest BCUT2D eigenvalue weighted by Crippen LogP contribution is -2.29. The van der Waals surface area contributed by atoms with Gasteiger partial charge in [0.05, 0.1) is 0 Å². The summed E-state index contributed by atoms with van der Waals surface area (Å²) in [6, 6.07) is 8.79. The second-order valence-electron chi connectivity index (χ2n) is 4.30. The number of nitrogens with one attached hydrogen (secondary N) is 1. The van der Waals surface area contributed by atoms with Gasteiger partial charge in [0, 0.05) is 24.1 Å². The van der Waals surface area contributed by atoms with E-state index in [0.717, 1.165) is 25.8 Å². The van der Waals surface area contributed by atoms with Crippen LogP contribution in [0, 0.1) is 0 Å². The lowest BCUT2D eigenvalue weighted by atomic mass is 10.1. The lowest BCUT2D eigenvalue weighted by molar-refractivity contribution is 0.282. The van der Waals surface area contributed by atoms with Gasteiger partial charge in [0.25, 0.3) is 0 Å². The Kier molecular flexibility index (Phi) is 8.09. The summed E-state index contributed by atoms with van der Waals surface area (Å²) in [7, 11) is 0. The summed E-state index contributed by atoms with van der Waals surface area (Å²) in [5, 5.41) is 12.2. The van der Waals surface area contributed by atoms with Gasteiger partial charge in [-0.1, -0.05) is 12.1 Å². The van der Waals surface area contributed by atoms with Crippen molar-refractivity contribution < 1.29 is 5.11 Å². The number of aliphatic hydroxyl groups excluding tert-OH is 1. The van der Waals surface area contributed by atoms with Crippen LogP contribution in [0.15, 0.2) is 29.2 Å². The number of nitrogens with two attached hydrogens (primary N) is 1. The molecular weight excluding hydrogens is 244 g/mol. The van der Waals surface area contributed by atoms with Crippen LogP contribution >= 0.6 is 11.8 Å². The number of benzene rings is 1. The molecule has 0 saturated heterocycles. The van der Waals surface area contributed by atoms with Gasteiger partial charge < -0.3 is 16.2 Å². The Bertz CT molecular complexity index is 316. The van der Waals surface area contributed by atoms with Crippen molar-refractivity contribution in [2.24, 2.45) is 5.73 Å². The van der Waals surface area contributed by atoms with Crippen molar-refractivity contribution >= 4 is 11.8 Å². The van der Waals surface area contributed by atoms with E-state index in [9.17, 15) is 0 Å². The highest BCUT2D eigenvalue weighted by Gasteiger charge is 2.08. The molecule has 0 fully saturated rings. The van der Waals surface area contributed by atoms with E-state index in [2.05, 4.69) is 35.8 Å². The number of hydrogen-bond acceptors (Lipinski definition) is 4. The predicted octanol–water partition coefficient (Wildman–Crippen LogP) is 2.16. The zero-order valence-corrected chi connectivity index (χ0v) is 11.9. The van der Waals surface area contributed by atoms with Crippen LogP contribution in [0.5, 0.6) is 0 Å². The molecule has 1 atom stereocenters. The van der Waals surface area contributed by atoms with Crippen LogP contribution in [0.3, 0.4) is 0 Å². The Morgan fingerprint density at radius 2 is 1.94 bits per heavy atom. The number of thioether (sulfide) groups is 1. The van der Waals surface area contributed by atoms with E-state index in [0.29, 0.717) is 6.54 Å². The zero-order valence-electron chi connectivity index (χ0n) is 11.1. The standard InChI is InChI=1S/C14H24N2OS/c1-18-13-7-5-12(6-8-13)14(11-15)16-9-3-2-4-10-17/h5-8,14,16-17H,2-4,9-11,15H2,1H3. The third kappa shape index (κ3) is 5.40. The van der Waals surface area contributed by atoms with E-state index < -0.39 is 0 Å². The molecule has 0 bridgehead atoms. The van der Waals surface area contributed by atoms with Gasteiger partial charge in [-0.25, -0.2) is 0 Å². The monoisotopic (exact) mass is 268 g/mol. The Labute approximate surface area is 114 Å². The molecule has 3 nitrogen and oxygen atoms in total. The van der Waals surface area contributed by atoms with E-state index in [1.54, 1.807) is 11.8 Å². The molecule has 4 N–H and O–H groups in total. The number of rotatable bonds is 9. The molecule has 0 aliphatic rings. The first-order valence-corrected chi connectivity index (χ1v) is 7.72. The average molecular weight is 268 g/mol. The predicted molar refractivity (Wildman–Crippen MR) is 79.0 cm³/mol. The van der Waals surface area contributed by atoms with Gasteiger partial charge in [-0.05, 0) is 49.8 Å². The molecule has 4 heteroatoms. The van der Waals surface area contributed by atoms with E-state index in [1.165, 1.54) is 10.5 Å². The third-order valence-electron chi connectivity index (χ3n) is 2.98. The van der Waals surface area contributed by atoms with Crippen molar-refractivity contribution in [1.29, 1.82) is 0 Å². The van der Waals surface area contributed by atoms with Crippen LogP contribution in [-0.2, 0) is 0 Å². The minimum absolute atomic E-state index is 0.232.